The smallest absolute Gasteiger partial charge is 0.242 e. The van der Waals surface area contributed by atoms with Gasteiger partial charge in [0.1, 0.15) is 5.76 Å². The lowest BCUT2D eigenvalue weighted by Crippen LogP contribution is -2.37. The molecule has 0 unspecified atom stereocenters. The minimum Gasteiger partial charge on any atom is -0.468 e. The number of nitrogens with two attached hydrogens (primary N) is 1. The van der Waals surface area contributed by atoms with E-state index in [-0.39, 0.29) is 0 Å². The molecule has 2 aromatic rings. The molecule has 8 nitrogen and oxygen atoms in total. The Kier molecular flexibility index (Phi) is 4.53. The highest BCUT2D eigenvalue weighted by atomic mass is 32.2. The van der Waals surface area contributed by atoms with Gasteiger partial charge < -0.3 is 14.1 Å². The van der Waals surface area contributed by atoms with Crippen LogP contribution in [-0.4, -0.2) is 41.3 Å². The second-order valence-corrected chi connectivity index (χ2v) is 5.30. The molecule has 3 rings (SSSR count). The predicted octanol–water partition coefficient (Wildman–Crippen LogP) is 0.879. The van der Waals surface area contributed by atoms with Crippen LogP contribution in [0.5, 0.6) is 0 Å². The maximum absolute atomic E-state index is 5.43. The first-order chi connectivity index (χ1) is 10.3. The number of hydrogen-bond donors (Lipinski definition) is 2. The SMILES string of the molecule is NNc1nc(SCc2ccco2)nc(N2CCOCC2)n1. The third-order valence-corrected chi connectivity index (χ3v) is 3.82. The number of thioether (sulfide) groups is 1. The van der Waals surface area contributed by atoms with Crippen LogP contribution in [0.1, 0.15) is 5.76 Å². The Hall–Kier alpha value is -1.84. The third-order valence-electron chi connectivity index (χ3n) is 2.95. The van der Waals surface area contributed by atoms with Crippen LogP contribution in [0, 0.1) is 0 Å². The van der Waals surface area contributed by atoms with E-state index in [0.717, 1.165) is 18.8 Å². The lowest BCUT2D eigenvalue weighted by molar-refractivity contribution is 0.122. The lowest BCUT2D eigenvalue weighted by Gasteiger charge is -2.26. The van der Waals surface area contributed by atoms with Crippen LogP contribution in [0.25, 0.3) is 0 Å². The molecule has 0 aliphatic carbocycles. The first-order valence-corrected chi connectivity index (χ1v) is 7.54. The van der Waals surface area contributed by atoms with Gasteiger partial charge in [0.2, 0.25) is 11.9 Å². The maximum atomic E-state index is 5.43. The molecule has 1 fully saturated rings. The maximum Gasteiger partial charge on any atom is 0.242 e. The summed E-state index contributed by atoms with van der Waals surface area (Å²) in [6, 6.07) is 3.77. The van der Waals surface area contributed by atoms with Crippen LogP contribution in [0.15, 0.2) is 28.0 Å². The van der Waals surface area contributed by atoms with Crippen molar-refractivity contribution in [1.82, 2.24) is 15.0 Å². The largest absolute Gasteiger partial charge is 0.468 e. The number of nitrogen functional groups attached to an aromatic ring is 1. The minimum absolute atomic E-state index is 0.355. The Balaban J connectivity index is 1.75. The molecule has 2 aromatic heterocycles. The Bertz CT molecular complexity index is 573. The molecule has 0 saturated carbocycles. The summed E-state index contributed by atoms with van der Waals surface area (Å²) in [5.74, 6) is 7.93. The second-order valence-electron chi connectivity index (χ2n) is 4.35. The summed E-state index contributed by atoms with van der Waals surface area (Å²) in [7, 11) is 0. The summed E-state index contributed by atoms with van der Waals surface area (Å²) < 4.78 is 10.6. The molecule has 3 N–H and O–H groups in total. The van der Waals surface area contributed by atoms with Crippen molar-refractivity contribution in [1.29, 1.82) is 0 Å². The van der Waals surface area contributed by atoms with E-state index in [0.29, 0.717) is 36.0 Å². The Morgan fingerprint density at radius 3 is 2.86 bits per heavy atom. The van der Waals surface area contributed by atoms with Gasteiger partial charge in [-0.15, -0.1) is 0 Å². The number of furan rings is 1. The van der Waals surface area contributed by atoms with Crippen LogP contribution in [-0.2, 0) is 10.5 Å². The lowest BCUT2D eigenvalue weighted by atomic mass is 10.4. The number of hydrazine groups is 1. The average Bonchev–Trinajstić information content (AvgIpc) is 3.07. The van der Waals surface area contributed by atoms with E-state index < -0.39 is 0 Å². The molecule has 9 heteroatoms. The van der Waals surface area contributed by atoms with E-state index in [1.165, 1.54) is 11.8 Å². The molecule has 0 spiro atoms. The standard InChI is InChI=1S/C12H16N6O2S/c13-17-10-14-11(18-3-6-19-7-4-18)16-12(15-10)21-8-9-2-1-5-20-9/h1-2,5H,3-4,6-8,13H2,(H,14,15,16,17). The van der Waals surface area contributed by atoms with E-state index >= 15 is 0 Å². The zero-order valence-corrected chi connectivity index (χ0v) is 12.2. The quantitative estimate of drug-likeness (QED) is 0.473. The van der Waals surface area contributed by atoms with Crippen molar-refractivity contribution < 1.29 is 9.15 Å². The van der Waals surface area contributed by atoms with Crippen LogP contribution < -0.4 is 16.2 Å². The molecule has 112 valence electrons. The average molecular weight is 308 g/mol. The van der Waals surface area contributed by atoms with Gasteiger partial charge in [-0.2, -0.15) is 15.0 Å². The van der Waals surface area contributed by atoms with Gasteiger partial charge in [-0.25, -0.2) is 5.84 Å². The summed E-state index contributed by atoms with van der Waals surface area (Å²) in [5.41, 5.74) is 2.48. The number of ether oxygens (including phenoxy) is 1. The van der Waals surface area contributed by atoms with Crippen LogP contribution in [0.3, 0.4) is 0 Å². The van der Waals surface area contributed by atoms with Crippen molar-refractivity contribution in [2.75, 3.05) is 36.6 Å². The van der Waals surface area contributed by atoms with Gasteiger partial charge in [0, 0.05) is 13.1 Å². The molecular formula is C12H16N6O2S. The first kappa shape index (κ1) is 14.1. The van der Waals surface area contributed by atoms with Gasteiger partial charge >= 0.3 is 0 Å². The summed E-state index contributed by atoms with van der Waals surface area (Å²) in [6.45, 7) is 2.87. The first-order valence-electron chi connectivity index (χ1n) is 6.56. The van der Waals surface area contributed by atoms with Gasteiger partial charge in [0.05, 0.1) is 25.2 Å². The summed E-state index contributed by atoms with van der Waals surface area (Å²) in [4.78, 5) is 15.1. The van der Waals surface area contributed by atoms with E-state index in [1.807, 2.05) is 12.1 Å². The van der Waals surface area contributed by atoms with Gasteiger partial charge in [-0.3, -0.25) is 5.43 Å². The normalized spacial score (nSPS) is 15.2. The Morgan fingerprint density at radius 2 is 2.14 bits per heavy atom. The second kappa shape index (κ2) is 6.74. The van der Waals surface area contributed by atoms with Crippen LogP contribution in [0.2, 0.25) is 0 Å². The van der Waals surface area contributed by atoms with Crippen LogP contribution >= 0.6 is 11.8 Å². The van der Waals surface area contributed by atoms with E-state index in [2.05, 4.69) is 25.3 Å². The highest BCUT2D eigenvalue weighted by Crippen LogP contribution is 2.22. The van der Waals surface area contributed by atoms with Gasteiger partial charge in [-0.1, -0.05) is 11.8 Å². The highest BCUT2D eigenvalue weighted by molar-refractivity contribution is 7.98. The zero-order valence-electron chi connectivity index (χ0n) is 11.4. The number of hydrogen-bond acceptors (Lipinski definition) is 9. The summed E-state index contributed by atoms with van der Waals surface area (Å²) >= 11 is 1.48. The molecule has 0 atom stereocenters. The summed E-state index contributed by atoms with van der Waals surface area (Å²) in [5, 5.41) is 0.607. The Labute approximate surface area is 126 Å². The molecular weight excluding hydrogens is 292 g/mol. The number of nitrogens with one attached hydrogen (secondary N) is 1. The van der Waals surface area contributed by atoms with Crippen molar-refractivity contribution in [2.24, 2.45) is 5.84 Å². The van der Waals surface area contributed by atoms with Crippen molar-refractivity contribution >= 4 is 23.7 Å². The minimum atomic E-state index is 0.355. The van der Waals surface area contributed by atoms with Crippen molar-refractivity contribution in [2.45, 2.75) is 10.9 Å². The molecule has 3 heterocycles. The van der Waals surface area contributed by atoms with Crippen molar-refractivity contribution in [3.8, 4) is 0 Å². The molecule has 0 aromatic carbocycles. The van der Waals surface area contributed by atoms with Crippen LogP contribution in [0.4, 0.5) is 11.9 Å². The fraction of sp³-hybridized carbons (Fsp3) is 0.417. The number of aromatic nitrogens is 3. The fourth-order valence-electron chi connectivity index (χ4n) is 1.91. The van der Waals surface area contributed by atoms with Crippen molar-refractivity contribution in [3.63, 3.8) is 0 Å². The third kappa shape index (κ3) is 3.63. The topological polar surface area (TPSA) is 102 Å². The number of morpholine rings is 1. The van der Waals surface area contributed by atoms with Gasteiger partial charge in [-0.05, 0) is 12.1 Å². The predicted molar refractivity (Wildman–Crippen MR) is 78.9 cm³/mol. The van der Waals surface area contributed by atoms with E-state index in [4.69, 9.17) is 15.0 Å². The number of rotatable bonds is 5. The molecule has 21 heavy (non-hydrogen) atoms. The van der Waals surface area contributed by atoms with Crippen molar-refractivity contribution in [3.05, 3.63) is 24.2 Å². The van der Waals surface area contributed by atoms with Gasteiger partial charge in [0.25, 0.3) is 0 Å². The zero-order chi connectivity index (χ0) is 14.5. The van der Waals surface area contributed by atoms with E-state index in [9.17, 15) is 0 Å². The fourth-order valence-corrected chi connectivity index (χ4v) is 2.64. The molecule has 0 amide bonds. The molecule has 1 aliphatic rings. The van der Waals surface area contributed by atoms with E-state index in [1.54, 1.807) is 6.26 Å². The molecule has 1 aliphatic heterocycles. The van der Waals surface area contributed by atoms with Gasteiger partial charge in [0.15, 0.2) is 5.16 Å². The molecule has 0 bridgehead atoms. The highest BCUT2D eigenvalue weighted by Gasteiger charge is 2.16. The molecule has 1 saturated heterocycles. The summed E-state index contributed by atoms with van der Waals surface area (Å²) in [6.07, 6.45) is 1.65. The Morgan fingerprint density at radius 1 is 1.29 bits per heavy atom. The number of anilines is 2. The number of nitrogens with zero attached hydrogens (tertiary/aromatic N) is 4. The molecule has 0 radical (unpaired) electrons. The monoisotopic (exact) mass is 308 g/mol.